The molecule has 2 aromatic carbocycles. The van der Waals surface area contributed by atoms with E-state index in [1.165, 1.54) is 20.3 Å². The maximum Gasteiger partial charge on any atom is 0.393 e. The molecule has 3 nitrogen and oxygen atoms in total. The number of hydrogen-bond acceptors (Lipinski definition) is 3. The van der Waals surface area contributed by atoms with E-state index in [1.54, 1.807) is 36.5 Å². The van der Waals surface area contributed by atoms with Crippen LogP contribution in [0, 0.1) is 0 Å². The van der Waals surface area contributed by atoms with Gasteiger partial charge in [0.05, 0.1) is 13.0 Å². The molecule has 2 rings (SSSR count). The summed E-state index contributed by atoms with van der Waals surface area (Å²) in [6, 6.07) is 10.2. The Balaban J connectivity index is 2.32. The van der Waals surface area contributed by atoms with Crippen molar-refractivity contribution in [2.24, 2.45) is 4.99 Å². The van der Waals surface area contributed by atoms with E-state index in [1.807, 2.05) is 0 Å². The van der Waals surface area contributed by atoms with Crippen molar-refractivity contribution < 1.29 is 22.6 Å². The van der Waals surface area contributed by atoms with Crippen molar-refractivity contribution in [3.05, 3.63) is 47.5 Å². The van der Waals surface area contributed by atoms with Crippen molar-refractivity contribution in [2.75, 3.05) is 20.8 Å². The average Bonchev–Trinajstić information content (AvgIpc) is 2.52. The van der Waals surface area contributed by atoms with Gasteiger partial charge in [0.15, 0.2) is 6.29 Å². The highest BCUT2D eigenvalue weighted by Crippen LogP contribution is 2.28. The van der Waals surface area contributed by atoms with Gasteiger partial charge in [0.1, 0.15) is 0 Å². The Morgan fingerprint density at radius 3 is 2.30 bits per heavy atom. The van der Waals surface area contributed by atoms with Gasteiger partial charge < -0.3 is 9.47 Å². The number of methoxy groups -OCH3 is 2. The van der Waals surface area contributed by atoms with Crippen LogP contribution in [0.3, 0.4) is 0 Å². The molecule has 0 atom stereocenters. The molecule has 0 fully saturated rings. The second kappa shape index (κ2) is 7.57. The molecule has 0 saturated heterocycles. The van der Waals surface area contributed by atoms with Gasteiger partial charge in [-0.2, -0.15) is 13.2 Å². The van der Waals surface area contributed by atoms with E-state index in [-0.39, 0.29) is 5.56 Å². The Kier molecular flexibility index (Phi) is 5.74. The Bertz CT molecular complexity index is 679. The van der Waals surface area contributed by atoms with Crippen molar-refractivity contribution in [1.82, 2.24) is 0 Å². The Hall–Kier alpha value is -1.92. The van der Waals surface area contributed by atoms with Gasteiger partial charge in [-0.15, -0.1) is 0 Å². The third kappa shape index (κ3) is 4.77. The van der Waals surface area contributed by atoms with E-state index in [0.29, 0.717) is 11.9 Å². The Morgan fingerprint density at radius 1 is 1.04 bits per heavy atom. The fourth-order valence-electron chi connectivity index (χ4n) is 2.35. The Labute approximate surface area is 132 Å². The predicted molar refractivity (Wildman–Crippen MR) is 84.0 cm³/mol. The SMILES string of the molecule is COC(CN=Cc1ccc(CC(F)(F)F)c2ccccc12)OC. The molecule has 0 bridgehead atoms. The molecule has 124 valence electrons. The zero-order chi connectivity index (χ0) is 16.9. The molecule has 0 aliphatic heterocycles. The number of hydrogen-bond donors (Lipinski definition) is 0. The summed E-state index contributed by atoms with van der Waals surface area (Å²) in [6.07, 6.45) is -3.99. The second-order valence-corrected chi connectivity index (χ2v) is 5.05. The van der Waals surface area contributed by atoms with E-state index < -0.39 is 18.9 Å². The minimum Gasteiger partial charge on any atom is -0.354 e. The smallest absolute Gasteiger partial charge is 0.354 e. The number of alkyl halides is 3. The largest absolute Gasteiger partial charge is 0.393 e. The highest BCUT2D eigenvalue weighted by Gasteiger charge is 2.28. The summed E-state index contributed by atoms with van der Waals surface area (Å²) >= 11 is 0. The molecule has 0 heterocycles. The third-order valence-electron chi connectivity index (χ3n) is 3.45. The van der Waals surface area contributed by atoms with Gasteiger partial charge in [-0.05, 0) is 16.3 Å². The van der Waals surface area contributed by atoms with Crippen LogP contribution >= 0.6 is 0 Å². The summed E-state index contributed by atoms with van der Waals surface area (Å²) in [5.74, 6) is 0. The van der Waals surface area contributed by atoms with Crippen LogP contribution in [0.1, 0.15) is 11.1 Å². The van der Waals surface area contributed by atoms with Crippen LogP contribution < -0.4 is 0 Å². The van der Waals surface area contributed by atoms with Crippen molar-refractivity contribution >= 4 is 17.0 Å². The van der Waals surface area contributed by atoms with Gasteiger partial charge in [0, 0.05) is 26.0 Å². The number of aliphatic imine (C=N–C) groups is 1. The van der Waals surface area contributed by atoms with E-state index in [2.05, 4.69) is 4.99 Å². The molecule has 0 saturated carbocycles. The fraction of sp³-hybridized carbons (Fsp3) is 0.353. The number of nitrogens with zero attached hydrogens (tertiary/aromatic N) is 1. The summed E-state index contributed by atoms with van der Waals surface area (Å²) in [5.41, 5.74) is 1.02. The molecule has 0 aliphatic rings. The number of halogens is 3. The van der Waals surface area contributed by atoms with Crippen LogP contribution in [0.2, 0.25) is 0 Å². The minimum atomic E-state index is -4.23. The van der Waals surface area contributed by atoms with E-state index in [4.69, 9.17) is 9.47 Å². The summed E-state index contributed by atoms with van der Waals surface area (Å²) in [5, 5.41) is 1.33. The fourth-order valence-corrected chi connectivity index (χ4v) is 2.35. The lowest BCUT2D eigenvalue weighted by Gasteiger charge is -2.12. The topological polar surface area (TPSA) is 30.8 Å². The molecule has 0 N–H and O–H groups in total. The number of rotatable bonds is 6. The molecular formula is C17H18F3NO2. The maximum absolute atomic E-state index is 12.7. The summed E-state index contributed by atoms with van der Waals surface area (Å²) in [7, 11) is 3.04. The lowest BCUT2D eigenvalue weighted by atomic mass is 9.98. The lowest BCUT2D eigenvalue weighted by molar-refractivity contribution is -0.127. The van der Waals surface area contributed by atoms with Gasteiger partial charge in [0.25, 0.3) is 0 Å². The van der Waals surface area contributed by atoms with Gasteiger partial charge in [-0.3, -0.25) is 4.99 Å². The summed E-state index contributed by atoms with van der Waals surface area (Å²) < 4.78 is 48.1. The molecule has 0 aromatic heterocycles. The third-order valence-corrected chi connectivity index (χ3v) is 3.45. The molecule has 0 spiro atoms. The van der Waals surface area contributed by atoms with Crippen molar-refractivity contribution in [1.29, 1.82) is 0 Å². The van der Waals surface area contributed by atoms with E-state index >= 15 is 0 Å². The van der Waals surface area contributed by atoms with Crippen LogP contribution in [0.4, 0.5) is 13.2 Å². The van der Waals surface area contributed by atoms with E-state index in [0.717, 1.165) is 10.9 Å². The standard InChI is InChI=1S/C17H18F3NO2/c1-22-16(23-2)11-21-10-13-8-7-12(9-17(18,19)20)14-5-3-4-6-15(13)14/h3-8,10,16H,9,11H2,1-2H3. The average molecular weight is 325 g/mol. The first-order valence-corrected chi connectivity index (χ1v) is 7.07. The van der Waals surface area contributed by atoms with Gasteiger partial charge in [-0.1, -0.05) is 36.4 Å². The molecule has 0 aliphatic carbocycles. The van der Waals surface area contributed by atoms with Gasteiger partial charge >= 0.3 is 6.18 Å². The Morgan fingerprint density at radius 2 is 1.70 bits per heavy atom. The summed E-state index contributed by atoms with van der Waals surface area (Å²) in [4.78, 5) is 4.24. The van der Waals surface area contributed by atoms with Crippen LogP contribution in [-0.4, -0.2) is 39.4 Å². The molecule has 0 radical (unpaired) electrons. The molecule has 23 heavy (non-hydrogen) atoms. The molecule has 6 heteroatoms. The maximum atomic E-state index is 12.7. The first kappa shape index (κ1) is 17.4. The molecular weight excluding hydrogens is 307 g/mol. The predicted octanol–water partition coefficient (Wildman–Crippen LogP) is 3.98. The van der Waals surface area contributed by atoms with Crippen LogP contribution in [0.15, 0.2) is 41.4 Å². The van der Waals surface area contributed by atoms with Crippen molar-refractivity contribution in [3.8, 4) is 0 Å². The van der Waals surface area contributed by atoms with Gasteiger partial charge in [-0.25, -0.2) is 0 Å². The van der Waals surface area contributed by atoms with Gasteiger partial charge in [0.2, 0.25) is 0 Å². The highest BCUT2D eigenvalue weighted by atomic mass is 19.4. The number of fused-ring (bicyclic) bond motifs is 1. The minimum absolute atomic E-state index is 0.261. The molecule has 2 aromatic rings. The van der Waals surface area contributed by atoms with Crippen LogP contribution in [0.5, 0.6) is 0 Å². The molecule has 0 amide bonds. The summed E-state index contributed by atoms with van der Waals surface area (Å²) in [6.45, 7) is 0.311. The van der Waals surface area contributed by atoms with E-state index in [9.17, 15) is 13.2 Å². The quantitative estimate of drug-likeness (QED) is 0.594. The number of benzene rings is 2. The second-order valence-electron chi connectivity index (χ2n) is 5.05. The van der Waals surface area contributed by atoms with Crippen molar-refractivity contribution in [3.63, 3.8) is 0 Å². The lowest BCUT2D eigenvalue weighted by Crippen LogP contribution is -2.16. The molecule has 0 unspecified atom stereocenters. The highest BCUT2D eigenvalue weighted by molar-refractivity contribution is 6.01. The first-order chi connectivity index (χ1) is 10.9. The normalized spacial score (nSPS) is 12.6. The monoisotopic (exact) mass is 325 g/mol. The van der Waals surface area contributed by atoms with Crippen LogP contribution in [0.25, 0.3) is 10.8 Å². The zero-order valence-corrected chi connectivity index (χ0v) is 12.9. The zero-order valence-electron chi connectivity index (χ0n) is 12.9. The number of ether oxygens (including phenoxy) is 2. The first-order valence-electron chi connectivity index (χ1n) is 7.07. The van der Waals surface area contributed by atoms with Crippen molar-refractivity contribution in [2.45, 2.75) is 18.9 Å². The van der Waals surface area contributed by atoms with Crippen LogP contribution in [-0.2, 0) is 15.9 Å².